The molecule has 1 aliphatic heterocycles. The zero-order valence-electron chi connectivity index (χ0n) is 16.1. The van der Waals surface area contributed by atoms with Gasteiger partial charge in [-0.05, 0) is 44.0 Å². The summed E-state index contributed by atoms with van der Waals surface area (Å²) in [6.07, 6.45) is 3.67. The van der Waals surface area contributed by atoms with Crippen molar-refractivity contribution in [1.82, 2.24) is 20.1 Å². The van der Waals surface area contributed by atoms with Gasteiger partial charge in [-0.3, -0.25) is 9.69 Å². The van der Waals surface area contributed by atoms with Crippen molar-refractivity contribution in [3.63, 3.8) is 0 Å². The van der Waals surface area contributed by atoms with Crippen molar-refractivity contribution in [2.75, 3.05) is 30.4 Å². The third-order valence-corrected chi connectivity index (χ3v) is 6.37. The fourth-order valence-electron chi connectivity index (χ4n) is 3.63. The maximum Gasteiger partial charge on any atom is 0.243 e. The Hall–Kier alpha value is -2.58. The average molecular weight is 397 g/mol. The third kappa shape index (κ3) is 3.98. The van der Waals surface area contributed by atoms with E-state index in [1.807, 2.05) is 43.3 Å². The number of likely N-dealkylation sites (tertiary alicyclic amines) is 1. The van der Waals surface area contributed by atoms with Gasteiger partial charge in [0.05, 0.1) is 16.3 Å². The van der Waals surface area contributed by atoms with E-state index in [1.54, 1.807) is 6.20 Å². The minimum absolute atomic E-state index is 0.000197. The number of fused-ring (bicyclic) bond motifs is 1. The zero-order valence-corrected chi connectivity index (χ0v) is 16.9. The number of rotatable bonds is 5. The van der Waals surface area contributed by atoms with Crippen LogP contribution in [-0.4, -0.2) is 58.2 Å². The molecule has 1 aromatic carbocycles. The molecule has 146 valence electrons. The molecule has 1 saturated heterocycles. The summed E-state index contributed by atoms with van der Waals surface area (Å²) in [7, 11) is 2.06. The summed E-state index contributed by atoms with van der Waals surface area (Å²) in [5, 5.41) is 11.8. The Morgan fingerprint density at radius 3 is 2.75 bits per heavy atom. The molecule has 0 radical (unpaired) electrons. The Balaban J connectivity index is 1.33. The van der Waals surface area contributed by atoms with Crippen LogP contribution in [0.4, 0.5) is 10.9 Å². The maximum atomic E-state index is 12.7. The van der Waals surface area contributed by atoms with E-state index < -0.39 is 0 Å². The van der Waals surface area contributed by atoms with Gasteiger partial charge in [0.15, 0.2) is 10.9 Å². The van der Waals surface area contributed by atoms with Crippen LogP contribution in [0.5, 0.6) is 0 Å². The van der Waals surface area contributed by atoms with Gasteiger partial charge in [0.1, 0.15) is 0 Å². The van der Waals surface area contributed by atoms with Gasteiger partial charge in [-0.2, -0.15) is 5.10 Å². The topological polar surface area (TPSA) is 74.2 Å². The number of para-hydroxylation sites is 1. The molecule has 1 amide bonds. The van der Waals surface area contributed by atoms with Gasteiger partial charge in [0, 0.05) is 32.4 Å². The molecular formula is C20H24N6OS. The van der Waals surface area contributed by atoms with Crippen LogP contribution in [0.3, 0.4) is 0 Å². The molecule has 1 N–H and O–H groups in total. The molecule has 28 heavy (non-hydrogen) atoms. The first kappa shape index (κ1) is 18.8. The molecule has 0 unspecified atom stereocenters. The van der Waals surface area contributed by atoms with E-state index in [0.29, 0.717) is 11.2 Å². The molecule has 1 fully saturated rings. The number of benzene rings is 1. The monoisotopic (exact) mass is 396 g/mol. The first-order chi connectivity index (χ1) is 13.6. The molecule has 0 saturated carbocycles. The highest BCUT2D eigenvalue weighted by Gasteiger charge is 2.29. The summed E-state index contributed by atoms with van der Waals surface area (Å²) in [6.45, 7) is 3.72. The van der Waals surface area contributed by atoms with Gasteiger partial charge in [-0.15, -0.1) is 5.10 Å². The minimum atomic E-state index is -0.185. The standard InChI is InChI=1S/C20H24N6OS/c1-14(19(27)23-20-22-16-6-3-4-7-17(16)28-20)26-12-9-15(10-13-26)25(2)18-8-5-11-21-24-18/h3-8,11,14-15H,9-10,12-13H2,1-2H3,(H,22,23,27)/t14-/m1/s1. The molecule has 0 aliphatic carbocycles. The first-order valence-corrected chi connectivity index (χ1v) is 10.3. The molecule has 1 atom stereocenters. The van der Waals surface area contributed by atoms with Crippen molar-refractivity contribution >= 4 is 38.4 Å². The molecule has 2 aromatic heterocycles. The number of piperidine rings is 1. The lowest BCUT2D eigenvalue weighted by Gasteiger charge is -2.39. The quantitative estimate of drug-likeness (QED) is 0.715. The van der Waals surface area contributed by atoms with Crippen molar-refractivity contribution in [2.24, 2.45) is 0 Å². The summed E-state index contributed by atoms with van der Waals surface area (Å²) >= 11 is 1.51. The van der Waals surface area contributed by atoms with E-state index in [-0.39, 0.29) is 11.9 Å². The highest BCUT2D eigenvalue weighted by molar-refractivity contribution is 7.22. The van der Waals surface area contributed by atoms with Crippen LogP contribution in [-0.2, 0) is 4.79 Å². The van der Waals surface area contributed by atoms with Crippen LogP contribution >= 0.6 is 11.3 Å². The second kappa shape index (κ2) is 8.20. The summed E-state index contributed by atoms with van der Waals surface area (Å²) in [5.74, 6) is 0.891. The molecular weight excluding hydrogens is 372 g/mol. The highest BCUT2D eigenvalue weighted by Crippen LogP contribution is 2.26. The second-order valence-electron chi connectivity index (χ2n) is 7.11. The van der Waals surface area contributed by atoms with E-state index >= 15 is 0 Å². The van der Waals surface area contributed by atoms with Crippen molar-refractivity contribution < 1.29 is 4.79 Å². The molecule has 0 bridgehead atoms. The van der Waals surface area contributed by atoms with Crippen LogP contribution in [0.2, 0.25) is 0 Å². The van der Waals surface area contributed by atoms with Gasteiger partial charge in [-0.25, -0.2) is 4.98 Å². The van der Waals surface area contributed by atoms with Gasteiger partial charge in [0.2, 0.25) is 5.91 Å². The number of thiazole rings is 1. The number of carbonyl (C=O) groups is 1. The first-order valence-electron chi connectivity index (χ1n) is 9.53. The summed E-state index contributed by atoms with van der Waals surface area (Å²) < 4.78 is 1.08. The van der Waals surface area contributed by atoms with Crippen molar-refractivity contribution in [3.8, 4) is 0 Å². The van der Waals surface area contributed by atoms with Crippen LogP contribution in [0.15, 0.2) is 42.6 Å². The highest BCUT2D eigenvalue weighted by atomic mass is 32.1. The maximum absolute atomic E-state index is 12.7. The van der Waals surface area contributed by atoms with Gasteiger partial charge in [-0.1, -0.05) is 23.5 Å². The largest absolute Gasteiger partial charge is 0.355 e. The number of hydrogen-bond donors (Lipinski definition) is 1. The zero-order chi connectivity index (χ0) is 19.5. The molecule has 3 heterocycles. The normalized spacial score (nSPS) is 16.8. The lowest BCUT2D eigenvalue weighted by atomic mass is 10.0. The predicted molar refractivity (Wildman–Crippen MR) is 113 cm³/mol. The molecule has 8 heteroatoms. The number of nitrogens with one attached hydrogen (secondary N) is 1. The van der Waals surface area contributed by atoms with Crippen LogP contribution in [0.25, 0.3) is 10.2 Å². The Morgan fingerprint density at radius 1 is 1.25 bits per heavy atom. The third-order valence-electron chi connectivity index (χ3n) is 5.42. The summed E-state index contributed by atoms with van der Waals surface area (Å²) in [5.41, 5.74) is 0.920. The fourth-order valence-corrected chi connectivity index (χ4v) is 4.50. The number of amides is 1. The van der Waals surface area contributed by atoms with Gasteiger partial charge in [0.25, 0.3) is 0 Å². The molecule has 0 spiro atoms. The fraction of sp³-hybridized carbons (Fsp3) is 0.400. The number of carbonyl (C=O) groups excluding carboxylic acids is 1. The van der Waals surface area contributed by atoms with E-state index in [9.17, 15) is 4.79 Å². The minimum Gasteiger partial charge on any atom is -0.355 e. The predicted octanol–water partition coefficient (Wildman–Crippen LogP) is 3.01. The Morgan fingerprint density at radius 2 is 2.04 bits per heavy atom. The Labute approximate surface area is 168 Å². The number of anilines is 2. The molecule has 1 aliphatic rings. The number of aromatic nitrogens is 3. The smallest absolute Gasteiger partial charge is 0.243 e. The number of nitrogens with zero attached hydrogens (tertiary/aromatic N) is 5. The van der Waals surface area contributed by atoms with Crippen molar-refractivity contribution in [2.45, 2.75) is 31.8 Å². The van der Waals surface area contributed by atoms with E-state index in [0.717, 1.165) is 42.0 Å². The van der Waals surface area contributed by atoms with Crippen molar-refractivity contribution in [3.05, 3.63) is 42.6 Å². The Kier molecular flexibility index (Phi) is 5.50. The van der Waals surface area contributed by atoms with Crippen LogP contribution in [0.1, 0.15) is 19.8 Å². The summed E-state index contributed by atoms with van der Waals surface area (Å²) in [6, 6.07) is 12.0. The van der Waals surface area contributed by atoms with Crippen LogP contribution in [0, 0.1) is 0 Å². The summed E-state index contributed by atoms with van der Waals surface area (Å²) in [4.78, 5) is 21.6. The molecule has 7 nitrogen and oxygen atoms in total. The lowest BCUT2D eigenvalue weighted by Crippen LogP contribution is -2.50. The molecule has 4 rings (SSSR count). The average Bonchev–Trinajstić information content (AvgIpc) is 3.15. The van der Waals surface area contributed by atoms with Gasteiger partial charge < -0.3 is 10.2 Å². The van der Waals surface area contributed by atoms with E-state index in [1.165, 1.54) is 11.3 Å². The van der Waals surface area contributed by atoms with E-state index in [2.05, 4.69) is 37.3 Å². The second-order valence-corrected chi connectivity index (χ2v) is 8.14. The SMILES string of the molecule is C[C@H](C(=O)Nc1nc2ccccc2s1)N1CCC(N(C)c2cccnn2)CC1. The van der Waals surface area contributed by atoms with Crippen molar-refractivity contribution in [1.29, 1.82) is 0 Å². The van der Waals surface area contributed by atoms with E-state index in [4.69, 9.17) is 0 Å². The number of hydrogen-bond acceptors (Lipinski definition) is 7. The van der Waals surface area contributed by atoms with Crippen LogP contribution < -0.4 is 10.2 Å². The Bertz CT molecular complexity index is 905. The molecule has 3 aromatic rings. The lowest BCUT2D eigenvalue weighted by molar-refractivity contribution is -0.121. The van der Waals surface area contributed by atoms with Gasteiger partial charge >= 0.3 is 0 Å².